The number of nitrogens with two attached hydrogens (primary N) is 2. The second kappa shape index (κ2) is 6.25. The summed E-state index contributed by atoms with van der Waals surface area (Å²) in [5, 5.41) is 0. The largest absolute Gasteiger partial charge is 0.466 e. The van der Waals surface area contributed by atoms with Gasteiger partial charge in [-0.3, -0.25) is 4.79 Å². The van der Waals surface area contributed by atoms with Crippen molar-refractivity contribution in [3.63, 3.8) is 0 Å². The van der Waals surface area contributed by atoms with Gasteiger partial charge in [-0.05, 0) is 31.0 Å². The lowest BCUT2D eigenvalue weighted by Gasteiger charge is -2.10. The Balaban J connectivity index is 1.96. The Kier molecular flexibility index (Phi) is 4.42. The Morgan fingerprint density at radius 3 is 2.55 bits per heavy atom. The van der Waals surface area contributed by atoms with Crippen LogP contribution < -0.4 is 16.2 Å². The standard InChI is InChI=1S/C15H18N2O3/c1-10-14(6-7-19-10)20-13-4-2-11(3-5-13)8-12(16)9-15(17)18/h2-7,12H,8-9,16H2,1H3,(H2,17,18). The highest BCUT2D eigenvalue weighted by Gasteiger charge is 2.08. The molecule has 1 heterocycles. The van der Waals surface area contributed by atoms with E-state index in [-0.39, 0.29) is 18.4 Å². The van der Waals surface area contributed by atoms with E-state index in [0.29, 0.717) is 12.2 Å². The SMILES string of the molecule is Cc1occc1Oc1ccc(CC(N)CC(N)=O)cc1. The molecule has 1 aromatic carbocycles. The van der Waals surface area contributed by atoms with Crippen LogP contribution in [-0.2, 0) is 11.2 Å². The zero-order chi connectivity index (χ0) is 14.5. The number of primary amides is 1. The van der Waals surface area contributed by atoms with E-state index in [2.05, 4.69) is 0 Å². The van der Waals surface area contributed by atoms with E-state index < -0.39 is 0 Å². The van der Waals surface area contributed by atoms with Crippen molar-refractivity contribution in [2.24, 2.45) is 11.5 Å². The summed E-state index contributed by atoms with van der Waals surface area (Å²) in [6.07, 6.45) is 2.38. The Labute approximate surface area is 117 Å². The predicted molar refractivity (Wildman–Crippen MR) is 75.5 cm³/mol. The number of rotatable bonds is 6. The first-order valence-corrected chi connectivity index (χ1v) is 6.39. The molecule has 4 N–H and O–H groups in total. The van der Waals surface area contributed by atoms with Crippen molar-refractivity contribution in [1.29, 1.82) is 0 Å². The zero-order valence-corrected chi connectivity index (χ0v) is 11.3. The quantitative estimate of drug-likeness (QED) is 0.844. The van der Waals surface area contributed by atoms with Crippen LogP contribution in [0, 0.1) is 6.92 Å². The number of benzene rings is 1. The molecule has 0 saturated carbocycles. The summed E-state index contributed by atoms with van der Waals surface area (Å²) in [6, 6.07) is 9.08. The zero-order valence-electron chi connectivity index (χ0n) is 11.3. The monoisotopic (exact) mass is 274 g/mol. The molecule has 0 aliphatic carbocycles. The van der Waals surface area contributed by atoms with Gasteiger partial charge in [0.25, 0.3) is 0 Å². The molecule has 0 aliphatic rings. The number of hydrogen-bond donors (Lipinski definition) is 2. The Morgan fingerprint density at radius 1 is 1.30 bits per heavy atom. The van der Waals surface area contributed by atoms with E-state index in [1.165, 1.54) is 0 Å². The Bertz CT molecular complexity index is 575. The molecule has 0 radical (unpaired) electrons. The van der Waals surface area contributed by atoms with Gasteiger partial charge in [-0.2, -0.15) is 0 Å². The van der Waals surface area contributed by atoms with Gasteiger partial charge in [0, 0.05) is 18.5 Å². The number of amides is 1. The molecular weight excluding hydrogens is 256 g/mol. The van der Waals surface area contributed by atoms with Crippen LogP contribution in [0.3, 0.4) is 0 Å². The van der Waals surface area contributed by atoms with Gasteiger partial charge >= 0.3 is 0 Å². The summed E-state index contributed by atoms with van der Waals surface area (Å²) in [5.74, 6) is 1.77. The molecule has 0 fully saturated rings. The first-order valence-electron chi connectivity index (χ1n) is 6.39. The van der Waals surface area contributed by atoms with Crippen molar-refractivity contribution in [1.82, 2.24) is 0 Å². The minimum atomic E-state index is -0.382. The van der Waals surface area contributed by atoms with Crippen molar-refractivity contribution >= 4 is 5.91 Å². The second-order valence-corrected chi connectivity index (χ2v) is 4.72. The van der Waals surface area contributed by atoms with E-state index in [4.69, 9.17) is 20.6 Å². The van der Waals surface area contributed by atoms with Crippen LogP contribution in [0.5, 0.6) is 11.5 Å². The highest BCUT2D eigenvalue weighted by Crippen LogP contribution is 2.25. The normalized spacial score (nSPS) is 12.1. The topological polar surface area (TPSA) is 91.5 Å². The molecule has 1 unspecified atom stereocenters. The van der Waals surface area contributed by atoms with E-state index in [1.807, 2.05) is 31.2 Å². The molecule has 5 nitrogen and oxygen atoms in total. The van der Waals surface area contributed by atoms with Gasteiger partial charge in [0.15, 0.2) is 5.75 Å². The molecule has 0 aliphatic heterocycles. The molecule has 2 aromatic rings. The summed E-state index contributed by atoms with van der Waals surface area (Å²) in [4.78, 5) is 10.8. The van der Waals surface area contributed by atoms with Crippen LogP contribution in [0.2, 0.25) is 0 Å². The Hall–Kier alpha value is -2.27. The maximum atomic E-state index is 10.8. The van der Waals surface area contributed by atoms with Gasteiger partial charge < -0.3 is 20.6 Å². The lowest BCUT2D eigenvalue weighted by atomic mass is 10.0. The average molecular weight is 274 g/mol. The van der Waals surface area contributed by atoms with Crippen LogP contribution >= 0.6 is 0 Å². The van der Waals surface area contributed by atoms with Crippen molar-refractivity contribution in [2.75, 3.05) is 0 Å². The van der Waals surface area contributed by atoms with Crippen molar-refractivity contribution in [2.45, 2.75) is 25.8 Å². The third-order valence-electron chi connectivity index (χ3n) is 2.92. The number of hydrogen-bond acceptors (Lipinski definition) is 4. The first-order chi connectivity index (χ1) is 9.54. The van der Waals surface area contributed by atoms with Crippen LogP contribution in [0.1, 0.15) is 17.7 Å². The number of furan rings is 1. The minimum absolute atomic E-state index is 0.187. The van der Waals surface area contributed by atoms with Gasteiger partial charge in [-0.25, -0.2) is 0 Å². The molecule has 1 amide bonds. The lowest BCUT2D eigenvalue weighted by Crippen LogP contribution is -2.29. The number of ether oxygens (including phenoxy) is 1. The fraction of sp³-hybridized carbons (Fsp3) is 0.267. The average Bonchev–Trinajstić information content (AvgIpc) is 2.76. The van der Waals surface area contributed by atoms with Crippen molar-refractivity contribution < 1.29 is 13.9 Å². The predicted octanol–water partition coefficient (Wildman–Crippen LogP) is 2.13. The number of carbonyl (C=O) groups excluding carboxylic acids is 1. The van der Waals surface area contributed by atoms with Gasteiger partial charge in [0.2, 0.25) is 5.91 Å². The molecule has 0 saturated heterocycles. The van der Waals surface area contributed by atoms with E-state index >= 15 is 0 Å². The Morgan fingerprint density at radius 2 is 2.00 bits per heavy atom. The molecule has 0 bridgehead atoms. The van der Waals surface area contributed by atoms with Gasteiger partial charge in [0.05, 0.1) is 6.26 Å². The summed E-state index contributed by atoms with van der Waals surface area (Å²) in [6.45, 7) is 1.84. The number of aryl methyl sites for hydroxylation is 1. The van der Waals surface area contributed by atoms with Crippen LogP contribution in [0.4, 0.5) is 0 Å². The van der Waals surface area contributed by atoms with Gasteiger partial charge in [-0.1, -0.05) is 12.1 Å². The summed E-state index contributed by atoms with van der Waals surface area (Å²) in [7, 11) is 0. The van der Waals surface area contributed by atoms with E-state index in [1.54, 1.807) is 12.3 Å². The molecule has 1 aromatic heterocycles. The summed E-state index contributed by atoms with van der Waals surface area (Å²) >= 11 is 0. The summed E-state index contributed by atoms with van der Waals surface area (Å²) < 4.78 is 10.8. The van der Waals surface area contributed by atoms with Gasteiger partial charge in [-0.15, -0.1) is 0 Å². The van der Waals surface area contributed by atoms with Crippen LogP contribution in [0.15, 0.2) is 41.0 Å². The third kappa shape index (κ3) is 3.86. The second-order valence-electron chi connectivity index (χ2n) is 4.72. The molecule has 0 spiro atoms. The summed E-state index contributed by atoms with van der Waals surface area (Å²) in [5.41, 5.74) is 12.0. The molecule has 20 heavy (non-hydrogen) atoms. The molecule has 1 atom stereocenters. The fourth-order valence-corrected chi connectivity index (χ4v) is 1.93. The molecular formula is C15H18N2O3. The van der Waals surface area contributed by atoms with Crippen LogP contribution in [-0.4, -0.2) is 11.9 Å². The first kappa shape index (κ1) is 14.1. The van der Waals surface area contributed by atoms with E-state index in [0.717, 1.165) is 17.1 Å². The smallest absolute Gasteiger partial charge is 0.218 e. The van der Waals surface area contributed by atoms with Crippen molar-refractivity contribution in [3.05, 3.63) is 47.9 Å². The highest BCUT2D eigenvalue weighted by atomic mass is 16.5. The lowest BCUT2D eigenvalue weighted by molar-refractivity contribution is -0.118. The minimum Gasteiger partial charge on any atom is -0.466 e. The molecule has 2 rings (SSSR count). The highest BCUT2D eigenvalue weighted by molar-refractivity contribution is 5.74. The van der Waals surface area contributed by atoms with Crippen LogP contribution in [0.25, 0.3) is 0 Å². The number of carbonyl (C=O) groups is 1. The fourth-order valence-electron chi connectivity index (χ4n) is 1.93. The van der Waals surface area contributed by atoms with E-state index in [9.17, 15) is 4.79 Å². The maximum Gasteiger partial charge on any atom is 0.218 e. The van der Waals surface area contributed by atoms with Crippen molar-refractivity contribution in [3.8, 4) is 11.5 Å². The molecule has 5 heteroatoms. The molecule has 106 valence electrons. The van der Waals surface area contributed by atoms with Gasteiger partial charge in [0.1, 0.15) is 11.5 Å². The third-order valence-corrected chi connectivity index (χ3v) is 2.92. The maximum absolute atomic E-state index is 10.8.